The van der Waals surface area contributed by atoms with Gasteiger partial charge >= 0.3 is 0 Å². The molecule has 4 atom stereocenters. The summed E-state index contributed by atoms with van der Waals surface area (Å²) in [4.78, 5) is 37.8. The monoisotopic (exact) mass is 296 g/mol. The molecule has 2 fully saturated rings. The third-order valence-corrected chi connectivity index (χ3v) is 5.45. The smallest absolute Gasteiger partial charge is 0.241 e. The molecule has 3 aliphatic rings. The zero-order valence-electron chi connectivity index (χ0n) is 12.0. The van der Waals surface area contributed by atoms with Crippen LogP contribution in [0.25, 0.3) is 0 Å². The molecule has 1 aromatic rings. The number of carbonyl (C=O) groups excluding carboxylic acids is 3. The lowest BCUT2D eigenvalue weighted by molar-refractivity contribution is -0.255. The standard InChI is InChI=1S/C17H15NO4/c1-17-11-6-5-9(7-11)13(17)14(19)18(16(17)22)12-4-2-3-10(8-12)15(20)21/h2-6,8-9,11,13H,7H2,1H3,(H,20,21)/p-1/t9-,11-,13+,17+/m0/s1. The first kappa shape index (κ1) is 13.2. The number of imide groups is 1. The average Bonchev–Trinajstić information content (AvgIpc) is 3.12. The highest BCUT2D eigenvalue weighted by atomic mass is 16.4. The summed E-state index contributed by atoms with van der Waals surface area (Å²) in [6.07, 6.45) is 4.92. The van der Waals surface area contributed by atoms with Crippen LogP contribution in [0, 0.1) is 23.2 Å². The fraction of sp³-hybridized carbons (Fsp3) is 0.353. The summed E-state index contributed by atoms with van der Waals surface area (Å²) < 4.78 is 0. The quantitative estimate of drug-likeness (QED) is 0.596. The number of hydrogen-bond acceptors (Lipinski definition) is 4. The van der Waals surface area contributed by atoms with Crippen molar-refractivity contribution >= 4 is 23.5 Å². The van der Waals surface area contributed by atoms with Crippen molar-refractivity contribution in [3.05, 3.63) is 42.0 Å². The number of fused-ring (bicyclic) bond motifs is 5. The zero-order valence-corrected chi connectivity index (χ0v) is 12.0. The van der Waals surface area contributed by atoms with Crippen LogP contribution in [0.5, 0.6) is 0 Å². The maximum absolute atomic E-state index is 12.9. The molecule has 2 bridgehead atoms. The molecule has 0 aromatic heterocycles. The van der Waals surface area contributed by atoms with Crippen LogP contribution in [-0.4, -0.2) is 17.8 Å². The lowest BCUT2D eigenvalue weighted by Gasteiger charge is -2.28. The predicted molar refractivity (Wildman–Crippen MR) is 75.6 cm³/mol. The molecule has 2 amide bonds. The highest BCUT2D eigenvalue weighted by Gasteiger charge is 2.67. The maximum atomic E-state index is 12.9. The van der Waals surface area contributed by atoms with E-state index in [4.69, 9.17) is 0 Å². The average molecular weight is 296 g/mol. The zero-order chi connectivity index (χ0) is 15.6. The van der Waals surface area contributed by atoms with Gasteiger partial charge in [-0.1, -0.05) is 24.3 Å². The number of nitrogens with zero attached hydrogens (tertiary/aromatic N) is 1. The van der Waals surface area contributed by atoms with Crippen LogP contribution in [0.4, 0.5) is 5.69 Å². The fourth-order valence-electron chi connectivity index (χ4n) is 4.32. The number of anilines is 1. The van der Waals surface area contributed by atoms with Gasteiger partial charge in [-0.25, -0.2) is 4.90 Å². The first-order chi connectivity index (χ1) is 10.4. The molecule has 0 unspecified atom stereocenters. The van der Waals surface area contributed by atoms with Gasteiger partial charge in [-0.15, -0.1) is 0 Å². The molecule has 2 aliphatic carbocycles. The molecule has 4 rings (SSSR count). The number of hydrogen-bond donors (Lipinski definition) is 0. The van der Waals surface area contributed by atoms with Crippen LogP contribution >= 0.6 is 0 Å². The minimum Gasteiger partial charge on any atom is -0.545 e. The maximum Gasteiger partial charge on any atom is 0.241 e. The van der Waals surface area contributed by atoms with Gasteiger partial charge in [0.1, 0.15) is 0 Å². The Balaban J connectivity index is 1.79. The summed E-state index contributed by atoms with van der Waals surface area (Å²) >= 11 is 0. The Morgan fingerprint density at radius 2 is 2.09 bits per heavy atom. The fourth-order valence-corrected chi connectivity index (χ4v) is 4.32. The Labute approximate surface area is 127 Å². The van der Waals surface area contributed by atoms with E-state index < -0.39 is 11.4 Å². The normalized spacial score (nSPS) is 35.3. The molecule has 1 saturated heterocycles. The third-order valence-electron chi connectivity index (χ3n) is 5.45. The number of carboxylic acid groups (broad SMARTS) is 1. The van der Waals surface area contributed by atoms with Crippen molar-refractivity contribution in [2.75, 3.05) is 4.90 Å². The van der Waals surface area contributed by atoms with Gasteiger partial charge in [0.25, 0.3) is 0 Å². The molecule has 1 aliphatic heterocycles. The van der Waals surface area contributed by atoms with E-state index in [9.17, 15) is 19.5 Å². The molecule has 1 saturated carbocycles. The first-order valence-electron chi connectivity index (χ1n) is 7.32. The Morgan fingerprint density at radius 3 is 2.77 bits per heavy atom. The van der Waals surface area contributed by atoms with Gasteiger partial charge in [-0.05, 0) is 42.9 Å². The van der Waals surface area contributed by atoms with Gasteiger partial charge in [0.15, 0.2) is 0 Å². The Kier molecular flexibility index (Phi) is 2.45. The highest BCUT2D eigenvalue weighted by Crippen LogP contribution is 2.60. The van der Waals surface area contributed by atoms with Gasteiger partial charge in [0, 0.05) is 0 Å². The van der Waals surface area contributed by atoms with Crippen molar-refractivity contribution in [3.8, 4) is 0 Å². The van der Waals surface area contributed by atoms with Crippen molar-refractivity contribution < 1.29 is 19.5 Å². The van der Waals surface area contributed by atoms with E-state index in [0.29, 0.717) is 5.69 Å². The van der Waals surface area contributed by atoms with Gasteiger partial charge < -0.3 is 9.90 Å². The topological polar surface area (TPSA) is 77.5 Å². The van der Waals surface area contributed by atoms with E-state index >= 15 is 0 Å². The van der Waals surface area contributed by atoms with E-state index in [1.165, 1.54) is 18.2 Å². The highest BCUT2D eigenvalue weighted by molar-refractivity contribution is 6.24. The first-order valence-corrected chi connectivity index (χ1v) is 7.32. The van der Waals surface area contributed by atoms with Crippen LogP contribution in [0.2, 0.25) is 0 Å². The molecule has 22 heavy (non-hydrogen) atoms. The SMILES string of the molecule is C[C@]12C(=O)N(c3cccc(C(=O)[O-])c3)C(=O)[C@H]1[C@H]1C=C[C@H]2C1. The molecule has 5 nitrogen and oxygen atoms in total. The Morgan fingerprint density at radius 1 is 1.32 bits per heavy atom. The van der Waals surface area contributed by atoms with Crippen molar-refractivity contribution in [1.82, 2.24) is 0 Å². The lowest BCUT2D eigenvalue weighted by Crippen LogP contribution is -2.37. The summed E-state index contributed by atoms with van der Waals surface area (Å²) in [5, 5.41) is 11.0. The minimum atomic E-state index is -1.32. The van der Waals surface area contributed by atoms with E-state index in [0.717, 1.165) is 11.3 Å². The van der Waals surface area contributed by atoms with E-state index in [2.05, 4.69) is 0 Å². The van der Waals surface area contributed by atoms with Crippen molar-refractivity contribution in [1.29, 1.82) is 0 Å². The second kappa shape index (κ2) is 4.06. The summed E-state index contributed by atoms with van der Waals surface area (Å²) in [6, 6.07) is 5.81. The van der Waals surface area contributed by atoms with E-state index in [1.807, 2.05) is 19.1 Å². The van der Waals surface area contributed by atoms with Crippen LogP contribution in [0.3, 0.4) is 0 Å². The number of rotatable bonds is 2. The summed E-state index contributed by atoms with van der Waals surface area (Å²) in [7, 11) is 0. The van der Waals surface area contributed by atoms with Gasteiger partial charge in [-0.3, -0.25) is 9.59 Å². The summed E-state index contributed by atoms with van der Waals surface area (Å²) in [6.45, 7) is 1.86. The van der Waals surface area contributed by atoms with Crippen LogP contribution in [0.1, 0.15) is 23.7 Å². The number of allylic oxidation sites excluding steroid dienone is 2. The second-order valence-electron chi connectivity index (χ2n) is 6.47. The molecular formula is C17H14NO4-. The van der Waals surface area contributed by atoms with Gasteiger partial charge in [0.2, 0.25) is 11.8 Å². The minimum absolute atomic E-state index is 0.0404. The van der Waals surface area contributed by atoms with Crippen LogP contribution in [0.15, 0.2) is 36.4 Å². The largest absolute Gasteiger partial charge is 0.545 e. The van der Waals surface area contributed by atoms with Crippen LogP contribution in [-0.2, 0) is 9.59 Å². The van der Waals surface area contributed by atoms with Gasteiger partial charge in [0.05, 0.1) is 23.0 Å². The predicted octanol–water partition coefficient (Wildman–Crippen LogP) is 0.752. The number of carbonyl (C=O) groups is 3. The molecule has 112 valence electrons. The number of benzene rings is 1. The molecule has 0 N–H and O–H groups in total. The summed E-state index contributed by atoms with van der Waals surface area (Å²) in [5.74, 6) is -1.90. The lowest BCUT2D eigenvalue weighted by atomic mass is 9.71. The van der Waals surface area contributed by atoms with Gasteiger partial charge in [-0.2, -0.15) is 0 Å². The Hall–Kier alpha value is -2.43. The third kappa shape index (κ3) is 1.41. The molecule has 1 aromatic carbocycles. The van der Waals surface area contributed by atoms with Crippen LogP contribution < -0.4 is 10.0 Å². The summed E-state index contributed by atoms with van der Waals surface area (Å²) in [5.41, 5.74) is -0.429. The van der Waals surface area contributed by atoms with Crippen molar-refractivity contribution in [3.63, 3.8) is 0 Å². The van der Waals surface area contributed by atoms with Crippen molar-refractivity contribution in [2.24, 2.45) is 23.2 Å². The molecular weight excluding hydrogens is 282 g/mol. The molecule has 1 heterocycles. The number of carboxylic acids is 1. The Bertz CT molecular complexity index is 753. The van der Waals surface area contributed by atoms with E-state index in [1.54, 1.807) is 6.07 Å². The molecule has 0 spiro atoms. The number of aromatic carboxylic acids is 1. The molecule has 0 radical (unpaired) electrons. The number of amides is 2. The second-order valence-corrected chi connectivity index (χ2v) is 6.47. The van der Waals surface area contributed by atoms with Crippen molar-refractivity contribution in [2.45, 2.75) is 13.3 Å². The van der Waals surface area contributed by atoms with E-state index in [-0.39, 0.29) is 35.1 Å². The molecule has 5 heteroatoms.